The molecule has 3 nitrogen and oxygen atoms in total. The van der Waals surface area contributed by atoms with Gasteiger partial charge in [-0.05, 0) is 35.7 Å². The molecule has 1 aromatic heterocycles. The number of amides is 1. The Balaban J connectivity index is 1.45. The van der Waals surface area contributed by atoms with E-state index < -0.39 is 0 Å². The van der Waals surface area contributed by atoms with Gasteiger partial charge in [0, 0.05) is 10.3 Å². The quantitative estimate of drug-likeness (QED) is 0.514. The third kappa shape index (κ3) is 3.20. The third-order valence-corrected chi connectivity index (χ3v) is 6.41. The third-order valence-electron chi connectivity index (χ3n) is 5.09. The van der Waals surface area contributed by atoms with E-state index in [4.69, 9.17) is 4.42 Å². The van der Waals surface area contributed by atoms with Gasteiger partial charge >= 0.3 is 0 Å². The zero-order chi connectivity index (χ0) is 18.9. The summed E-state index contributed by atoms with van der Waals surface area (Å²) in [5.74, 6) is 0.789. The first-order chi connectivity index (χ1) is 13.8. The Morgan fingerprint density at radius 1 is 0.964 bits per heavy atom. The summed E-state index contributed by atoms with van der Waals surface area (Å²) in [5.41, 5.74) is 3.08. The van der Waals surface area contributed by atoms with Crippen LogP contribution in [0.5, 0.6) is 0 Å². The van der Waals surface area contributed by atoms with Crippen LogP contribution in [0.1, 0.15) is 22.9 Å². The fraction of sp³-hybridized carbons (Fsp3) is 0.125. The lowest BCUT2D eigenvalue weighted by molar-refractivity contribution is -0.121. The minimum atomic E-state index is -0.314. The summed E-state index contributed by atoms with van der Waals surface area (Å²) in [4.78, 5) is 14.3. The number of furan rings is 1. The van der Waals surface area contributed by atoms with Crippen LogP contribution in [-0.4, -0.2) is 11.2 Å². The van der Waals surface area contributed by atoms with Crippen molar-refractivity contribution in [2.45, 2.75) is 22.6 Å². The van der Waals surface area contributed by atoms with Crippen LogP contribution in [-0.2, 0) is 11.2 Å². The molecule has 2 atom stereocenters. The highest BCUT2D eigenvalue weighted by Gasteiger charge is 2.30. The first-order valence-corrected chi connectivity index (χ1v) is 10.2. The van der Waals surface area contributed by atoms with Crippen LogP contribution in [0.25, 0.3) is 11.0 Å². The maximum Gasteiger partial charge on any atom is 0.234 e. The Bertz CT molecular complexity index is 1080. The normalized spacial score (nSPS) is 16.6. The van der Waals surface area contributed by atoms with Crippen molar-refractivity contribution in [3.05, 3.63) is 102 Å². The zero-order valence-electron chi connectivity index (χ0n) is 15.2. The molecule has 0 fully saturated rings. The molecule has 0 bridgehead atoms. The smallest absolute Gasteiger partial charge is 0.234 e. The second kappa shape index (κ2) is 7.21. The second-order valence-electron chi connectivity index (χ2n) is 6.96. The highest BCUT2D eigenvalue weighted by molar-refractivity contribution is 8.01. The van der Waals surface area contributed by atoms with E-state index in [1.165, 1.54) is 10.5 Å². The Morgan fingerprint density at radius 2 is 1.71 bits per heavy atom. The second-order valence-corrected chi connectivity index (χ2v) is 8.20. The summed E-state index contributed by atoms with van der Waals surface area (Å²) in [6.45, 7) is 0. The van der Waals surface area contributed by atoms with E-state index in [2.05, 4.69) is 17.4 Å². The van der Waals surface area contributed by atoms with Crippen LogP contribution >= 0.6 is 11.8 Å². The van der Waals surface area contributed by atoms with Gasteiger partial charge in [-0.2, -0.15) is 0 Å². The Morgan fingerprint density at radius 3 is 2.54 bits per heavy atom. The number of rotatable bonds is 4. The monoisotopic (exact) mass is 385 g/mol. The van der Waals surface area contributed by atoms with Crippen molar-refractivity contribution < 1.29 is 9.21 Å². The first kappa shape index (κ1) is 17.1. The van der Waals surface area contributed by atoms with E-state index in [1.807, 2.05) is 72.8 Å². The van der Waals surface area contributed by atoms with E-state index in [-0.39, 0.29) is 17.2 Å². The maximum atomic E-state index is 13.1. The summed E-state index contributed by atoms with van der Waals surface area (Å²) in [6, 6.07) is 27.8. The molecule has 1 N–H and O–H groups in total. The summed E-state index contributed by atoms with van der Waals surface area (Å²) >= 11 is 1.64. The number of carbonyl (C=O) groups excluding carboxylic acids is 1. The van der Waals surface area contributed by atoms with Gasteiger partial charge in [0.05, 0.1) is 5.25 Å². The minimum Gasteiger partial charge on any atom is -0.459 e. The fourth-order valence-electron chi connectivity index (χ4n) is 3.67. The molecule has 0 saturated heterocycles. The van der Waals surface area contributed by atoms with Gasteiger partial charge in [0.15, 0.2) is 0 Å². The van der Waals surface area contributed by atoms with Crippen LogP contribution in [0.3, 0.4) is 0 Å². The molecule has 138 valence electrons. The summed E-state index contributed by atoms with van der Waals surface area (Å²) < 4.78 is 6.09. The van der Waals surface area contributed by atoms with E-state index in [1.54, 1.807) is 11.8 Å². The van der Waals surface area contributed by atoms with Gasteiger partial charge in [-0.1, -0.05) is 66.7 Å². The van der Waals surface area contributed by atoms with Crippen LogP contribution in [0.4, 0.5) is 0 Å². The molecule has 2 heterocycles. The lowest BCUT2D eigenvalue weighted by atomic mass is 10.0. The van der Waals surface area contributed by atoms with Crippen LogP contribution < -0.4 is 5.32 Å². The van der Waals surface area contributed by atoms with Gasteiger partial charge in [0.2, 0.25) is 5.91 Å². The molecular formula is C24H19NO2S. The summed E-state index contributed by atoms with van der Waals surface area (Å²) in [6.07, 6.45) is 0.758. The van der Waals surface area contributed by atoms with E-state index >= 15 is 0 Å². The molecule has 3 aromatic carbocycles. The lowest BCUT2D eigenvalue weighted by Gasteiger charge is -2.19. The molecule has 1 aliphatic heterocycles. The zero-order valence-corrected chi connectivity index (χ0v) is 16.0. The van der Waals surface area contributed by atoms with Gasteiger partial charge in [0.1, 0.15) is 17.4 Å². The van der Waals surface area contributed by atoms with Crippen molar-refractivity contribution in [1.82, 2.24) is 5.32 Å². The predicted octanol–water partition coefficient (Wildman–Crippen LogP) is 5.36. The predicted molar refractivity (Wildman–Crippen MR) is 112 cm³/mol. The number of fused-ring (bicyclic) bond motifs is 2. The molecule has 0 spiro atoms. The van der Waals surface area contributed by atoms with Crippen LogP contribution in [0, 0.1) is 0 Å². The molecule has 4 heteroatoms. The van der Waals surface area contributed by atoms with Crippen molar-refractivity contribution in [3.63, 3.8) is 0 Å². The molecule has 2 unspecified atom stereocenters. The highest BCUT2D eigenvalue weighted by Crippen LogP contribution is 2.37. The minimum absolute atomic E-state index is 0.0375. The van der Waals surface area contributed by atoms with E-state index in [9.17, 15) is 4.79 Å². The number of nitrogens with one attached hydrogen (secondary N) is 1. The Hall–Kier alpha value is -2.98. The van der Waals surface area contributed by atoms with Gasteiger partial charge in [-0.25, -0.2) is 0 Å². The van der Waals surface area contributed by atoms with Crippen molar-refractivity contribution in [1.29, 1.82) is 0 Å². The molecule has 0 saturated carbocycles. The highest BCUT2D eigenvalue weighted by atomic mass is 32.2. The molecule has 1 aliphatic rings. The summed E-state index contributed by atoms with van der Waals surface area (Å²) in [7, 11) is 0. The Labute approximate surface area is 167 Å². The fourth-order valence-corrected chi connectivity index (χ4v) is 4.88. The largest absolute Gasteiger partial charge is 0.459 e. The van der Waals surface area contributed by atoms with Crippen molar-refractivity contribution >= 4 is 28.6 Å². The lowest BCUT2D eigenvalue weighted by Crippen LogP contribution is -2.35. The topological polar surface area (TPSA) is 42.2 Å². The van der Waals surface area contributed by atoms with Crippen LogP contribution in [0.15, 0.2) is 94.2 Å². The average Bonchev–Trinajstić information content (AvgIpc) is 3.36. The molecule has 1 amide bonds. The molecular weight excluding hydrogens is 366 g/mol. The first-order valence-electron chi connectivity index (χ1n) is 9.36. The maximum absolute atomic E-state index is 13.1. The molecule has 0 aliphatic carbocycles. The van der Waals surface area contributed by atoms with Gasteiger partial charge < -0.3 is 9.73 Å². The number of para-hydroxylation sites is 1. The van der Waals surface area contributed by atoms with Crippen molar-refractivity contribution in [2.75, 3.05) is 0 Å². The molecule has 28 heavy (non-hydrogen) atoms. The number of thioether (sulfide) groups is 1. The number of hydrogen-bond donors (Lipinski definition) is 1. The van der Waals surface area contributed by atoms with E-state index in [0.717, 1.165) is 28.7 Å². The molecule has 5 rings (SSSR count). The van der Waals surface area contributed by atoms with Gasteiger partial charge in [0.25, 0.3) is 0 Å². The van der Waals surface area contributed by atoms with Gasteiger partial charge in [-0.3, -0.25) is 4.79 Å². The average molecular weight is 385 g/mol. The van der Waals surface area contributed by atoms with Crippen LogP contribution in [0.2, 0.25) is 0 Å². The Kier molecular flexibility index (Phi) is 4.41. The molecule has 0 radical (unpaired) electrons. The summed E-state index contributed by atoms with van der Waals surface area (Å²) in [5, 5.41) is 4.15. The van der Waals surface area contributed by atoms with Crippen molar-refractivity contribution in [3.8, 4) is 0 Å². The number of carbonyl (C=O) groups is 1. The molecule has 4 aromatic rings. The number of hydrogen-bond acceptors (Lipinski definition) is 3. The number of benzene rings is 3. The standard InChI is InChI=1S/C24H19NO2S/c26-24(22-15-18-11-5-7-13-21(18)28-22)25-23(16-8-2-1-3-9-16)20-14-17-10-4-6-12-19(17)27-20/h1-14,22-23H,15H2,(H,25,26). The SMILES string of the molecule is O=C(NC(c1ccccc1)c1cc2ccccc2o1)C1Cc2ccccc2S1. The van der Waals surface area contributed by atoms with Gasteiger partial charge in [-0.15, -0.1) is 11.8 Å². The van der Waals surface area contributed by atoms with Crippen molar-refractivity contribution in [2.24, 2.45) is 0 Å². The van der Waals surface area contributed by atoms with E-state index in [0.29, 0.717) is 0 Å².